The predicted molar refractivity (Wildman–Crippen MR) is 367 cm³/mol. The van der Waals surface area contributed by atoms with E-state index in [1.165, 1.54) is 122 Å². The standard InChI is InChI=1S/C85H74N2/c1-55-9-25-63(26-10-55)49-79(65-29-13-57(3)14-30-65)67-33-45-75-76-46-34-68(80(66-31-15-58(4)16-32-66)50-64-27-11-56(2)12-28-64)52-82(76)85(81(75)51-67)83-53-73(86(69-35-17-59(5)18-36-69)70-37-19-60(6)20-38-70)43-47-77(83)78-48-44-74(54-84(78)85)87(71-39-21-61(7)22-40-71)72-41-23-62(8)24-42-72/h9-48,51-54,79-80H,49-50H2,1-8H3. The number of nitrogens with zero attached hydrogens (tertiary/aromatic N) is 2. The van der Waals surface area contributed by atoms with Crippen LogP contribution < -0.4 is 9.80 Å². The Morgan fingerprint density at radius 1 is 0.230 bits per heavy atom. The highest BCUT2D eigenvalue weighted by Crippen LogP contribution is 2.65. The molecule has 2 aliphatic rings. The fourth-order valence-electron chi connectivity index (χ4n) is 14.0. The third-order valence-corrected chi connectivity index (χ3v) is 18.9. The molecule has 0 aliphatic heterocycles. The summed E-state index contributed by atoms with van der Waals surface area (Å²) in [7, 11) is 0. The van der Waals surface area contributed by atoms with E-state index < -0.39 is 5.41 Å². The number of hydrogen-bond donors (Lipinski definition) is 0. The third kappa shape index (κ3) is 10.3. The Hall–Kier alpha value is -9.76. The number of hydrogen-bond acceptors (Lipinski definition) is 2. The lowest BCUT2D eigenvalue weighted by atomic mass is 9.69. The summed E-state index contributed by atoms with van der Waals surface area (Å²) in [6.07, 6.45) is 1.74. The van der Waals surface area contributed by atoms with E-state index in [9.17, 15) is 0 Å². The van der Waals surface area contributed by atoms with Crippen LogP contribution in [0.1, 0.15) is 112 Å². The van der Waals surface area contributed by atoms with Crippen LogP contribution in [0.4, 0.5) is 34.1 Å². The van der Waals surface area contributed by atoms with Gasteiger partial charge in [-0.2, -0.15) is 0 Å². The fourth-order valence-corrected chi connectivity index (χ4v) is 14.0. The fraction of sp³-hybridized carbons (Fsp3) is 0.153. The summed E-state index contributed by atoms with van der Waals surface area (Å²) in [4.78, 5) is 4.93. The average molecular weight is 1120 g/mol. The second kappa shape index (κ2) is 22.6. The molecule has 0 saturated heterocycles. The van der Waals surface area contributed by atoms with Gasteiger partial charge in [-0.1, -0.05) is 239 Å². The minimum absolute atomic E-state index is 0.0884. The molecule has 0 N–H and O–H groups in total. The quantitative estimate of drug-likeness (QED) is 0.107. The molecular formula is C85H74N2. The molecule has 2 atom stereocenters. The van der Waals surface area contributed by atoms with Gasteiger partial charge in [-0.25, -0.2) is 0 Å². The van der Waals surface area contributed by atoms with E-state index in [1.54, 1.807) is 0 Å². The number of fused-ring (bicyclic) bond motifs is 10. The molecule has 0 heterocycles. The highest BCUT2D eigenvalue weighted by Gasteiger charge is 2.53. The third-order valence-electron chi connectivity index (χ3n) is 18.9. The van der Waals surface area contributed by atoms with Gasteiger partial charge in [-0.3, -0.25) is 0 Å². The number of rotatable bonds is 14. The van der Waals surface area contributed by atoms with Crippen LogP contribution in [0.2, 0.25) is 0 Å². The zero-order valence-electron chi connectivity index (χ0n) is 51.4. The second-order valence-corrected chi connectivity index (χ2v) is 25.1. The summed E-state index contributed by atoms with van der Waals surface area (Å²) < 4.78 is 0. The summed E-state index contributed by atoms with van der Waals surface area (Å²) in [5.41, 5.74) is 34.2. The normalized spacial score (nSPS) is 13.1. The van der Waals surface area contributed by atoms with E-state index in [2.05, 4.69) is 332 Å². The van der Waals surface area contributed by atoms with Crippen molar-refractivity contribution >= 4 is 34.1 Å². The average Bonchev–Trinajstić information content (AvgIpc) is 1.52. The Balaban J connectivity index is 1.08. The Bertz CT molecular complexity index is 4090. The lowest BCUT2D eigenvalue weighted by Crippen LogP contribution is -2.27. The summed E-state index contributed by atoms with van der Waals surface area (Å²) in [6.45, 7) is 17.5. The second-order valence-electron chi connectivity index (χ2n) is 25.1. The molecule has 14 rings (SSSR count). The maximum Gasteiger partial charge on any atom is 0.0727 e. The van der Waals surface area contributed by atoms with E-state index >= 15 is 0 Å². The van der Waals surface area contributed by atoms with Crippen LogP contribution in [0.3, 0.4) is 0 Å². The molecule has 0 aromatic heterocycles. The topological polar surface area (TPSA) is 6.48 Å². The van der Waals surface area contributed by atoms with Crippen LogP contribution in [-0.4, -0.2) is 0 Å². The highest BCUT2D eigenvalue weighted by atomic mass is 15.1. The zero-order valence-corrected chi connectivity index (χ0v) is 51.4. The minimum Gasteiger partial charge on any atom is -0.310 e. The van der Waals surface area contributed by atoms with E-state index in [4.69, 9.17) is 0 Å². The first-order valence-electron chi connectivity index (χ1n) is 31.0. The number of benzene rings is 12. The van der Waals surface area contributed by atoms with Gasteiger partial charge in [0, 0.05) is 46.0 Å². The Labute approximate surface area is 515 Å². The van der Waals surface area contributed by atoms with Crippen LogP contribution in [-0.2, 0) is 18.3 Å². The molecule has 2 unspecified atom stereocenters. The van der Waals surface area contributed by atoms with Gasteiger partial charge in [-0.05, 0) is 219 Å². The van der Waals surface area contributed by atoms with Crippen molar-refractivity contribution in [1.29, 1.82) is 0 Å². The predicted octanol–water partition coefficient (Wildman–Crippen LogP) is 22.2. The lowest BCUT2D eigenvalue weighted by molar-refractivity contribution is 0.763. The van der Waals surface area contributed by atoms with Crippen molar-refractivity contribution in [1.82, 2.24) is 0 Å². The van der Waals surface area contributed by atoms with Gasteiger partial charge in [0.25, 0.3) is 0 Å². The van der Waals surface area contributed by atoms with Crippen molar-refractivity contribution in [3.8, 4) is 22.3 Å². The van der Waals surface area contributed by atoms with Gasteiger partial charge in [-0.15, -0.1) is 0 Å². The van der Waals surface area contributed by atoms with Crippen molar-refractivity contribution in [3.05, 3.63) is 367 Å². The highest BCUT2D eigenvalue weighted by molar-refractivity contribution is 5.98. The van der Waals surface area contributed by atoms with Gasteiger partial charge in [0.05, 0.1) is 5.41 Å². The largest absolute Gasteiger partial charge is 0.310 e. The van der Waals surface area contributed by atoms with Gasteiger partial charge < -0.3 is 9.80 Å². The maximum atomic E-state index is 2.64. The van der Waals surface area contributed by atoms with E-state index in [0.29, 0.717) is 0 Å². The molecule has 2 heteroatoms. The van der Waals surface area contributed by atoms with Crippen LogP contribution in [0.25, 0.3) is 22.3 Å². The summed E-state index contributed by atoms with van der Waals surface area (Å²) >= 11 is 0. The van der Waals surface area contributed by atoms with Crippen molar-refractivity contribution in [2.45, 2.75) is 85.5 Å². The van der Waals surface area contributed by atoms with Crippen LogP contribution >= 0.6 is 0 Å². The van der Waals surface area contributed by atoms with E-state index in [-0.39, 0.29) is 11.8 Å². The smallest absolute Gasteiger partial charge is 0.0727 e. The van der Waals surface area contributed by atoms with Crippen LogP contribution in [0, 0.1) is 55.4 Å². The van der Waals surface area contributed by atoms with Gasteiger partial charge in [0.15, 0.2) is 0 Å². The van der Waals surface area contributed by atoms with Crippen molar-refractivity contribution in [2.24, 2.45) is 0 Å². The Kier molecular flexibility index (Phi) is 14.3. The van der Waals surface area contributed by atoms with Gasteiger partial charge in [0.2, 0.25) is 0 Å². The SMILES string of the molecule is Cc1ccc(CC(c2ccc(C)cc2)c2ccc3c(c2)C2(c4cc(C(Cc5ccc(C)cc5)c5ccc(C)cc5)ccc4-3)c3cc(N(c4ccc(C)cc4)c4ccc(C)cc4)ccc3-c3ccc(N(c4ccc(C)cc4)c4ccc(C)cc4)cc32)cc1. The number of aryl methyl sites for hydroxylation is 8. The molecule has 12 aromatic carbocycles. The first-order chi connectivity index (χ1) is 42.3. The minimum atomic E-state index is -0.769. The summed E-state index contributed by atoms with van der Waals surface area (Å²) in [6, 6.07) is 103. The molecule has 0 bridgehead atoms. The van der Waals surface area contributed by atoms with Crippen molar-refractivity contribution in [3.63, 3.8) is 0 Å². The first-order valence-corrected chi connectivity index (χ1v) is 31.0. The molecule has 424 valence electrons. The molecule has 0 fully saturated rings. The van der Waals surface area contributed by atoms with E-state index in [0.717, 1.165) is 47.0 Å². The molecule has 87 heavy (non-hydrogen) atoms. The molecular weight excluding hydrogens is 1050 g/mol. The summed E-state index contributed by atoms with van der Waals surface area (Å²) in [5.74, 6) is 0.177. The molecule has 2 nitrogen and oxygen atoms in total. The Morgan fingerprint density at radius 2 is 0.448 bits per heavy atom. The first kappa shape index (κ1) is 55.1. The maximum absolute atomic E-state index is 2.64. The zero-order chi connectivity index (χ0) is 59.5. The van der Waals surface area contributed by atoms with Crippen molar-refractivity contribution in [2.75, 3.05) is 9.80 Å². The molecule has 2 aliphatic carbocycles. The molecule has 0 amide bonds. The molecule has 0 radical (unpaired) electrons. The van der Waals surface area contributed by atoms with Crippen molar-refractivity contribution < 1.29 is 0 Å². The molecule has 1 spiro atoms. The lowest BCUT2D eigenvalue weighted by Gasteiger charge is -2.34. The molecule has 12 aromatic rings. The van der Waals surface area contributed by atoms with Gasteiger partial charge in [0.1, 0.15) is 0 Å². The van der Waals surface area contributed by atoms with Crippen LogP contribution in [0.15, 0.2) is 267 Å². The Morgan fingerprint density at radius 3 is 0.736 bits per heavy atom. The number of anilines is 6. The van der Waals surface area contributed by atoms with Crippen LogP contribution in [0.5, 0.6) is 0 Å². The van der Waals surface area contributed by atoms with Gasteiger partial charge >= 0.3 is 0 Å². The monoisotopic (exact) mass is 1120 g/mol. The molecule has 0 saturated carbocycles. The van der Waals surface area contributed by atoms with E-state index in [1.807, 2.05) is 0 Å². The summed E-state index contributed by atoms with van der Waals surface area (Å²) in [5, 5.41) is 0.